The van der Waals surface area contributed by atoms with Gasteiger partial charge in [-0.25, -0.2) is 19.3 Å². The van der Waals surface area contributed by atoms with Crippen LogP contribution >= 0.6 is 0 Å². The first kappa shape index (κ1) is 29.3. The van der Waals surface area contributed by atoms with E-state index in [9.17, 15) is 4.39 Å². The molecule has 7 aromatic rings. The lowest BCUT2D eigenvalue weighted by atomic mass is 9.86. The molecule has 0 saturated heterocycles. The highest BCUT2D eigenvalue weighted by Crippen LogP contribution is 2.43. The Morgan fingerprint density at radius 2 is 1.61 bits per heavy atom. The maximum Gasteiger partial charge on any atom is 0.164 e. The lowest BCUT2D eigenvalue weighted by molar-refractivity contribution is 0.547. The van der Waals surface area contributed by atoms with E-state index < -0.39 is 6.67 Å². The van der Waals surface area contributed by atoms with Crippen LogP contribution < -0.4 is 0 Å². The molecule has 0 unspecified atom stereocenters. The molecule has 0 fully saturated rings. The molecule has 0 N–H and O–H groups in total. The molecule has 0 spiro atoms. The van der Waals surface area contributed by atoms with Crippen LogP contribution in [-0.2, 0) is 12.8 Å². The highest BCUT2D eigenvalue weighted by molar-refractivity contribution is 6.15. The van der Waals surface area contributed by atoms with Gasteiger partial charge in [0.25, 0.3) is 0 Å². The van der Waals surface area contributed by atoms with Crippen LogP contribution in [0.15, 0.2) is 112 Å². The molecular weight excluding hydrogens is 609 g/mol. The summed E-state index contributed by atoms with van der Waals surface area (Å²) in [5.41, 5.74) is 10.5. The Labute approximate surface area is 282 Å². The zero-order valence-corrected chi connectivity index (χ0v) is 27.0. The lowest BCUT2D eigenvalue weighted by Crippen LogP contribution is -2.05. The first-order chi connectivity index (χ1) is 24.2. The number of hydrogen-bond acceptors (Lipinski definition) is 5. The van der Waals surface area contributed by atoms with Gasteiger partial charge in [0.1, 0.15) is 29.2 Å². The fourth-order valence-electron chi connectivity index (χ4n) is 7.36. The molecule has 0 saturated carbocycles. The Morgan fingerprint density at radius 1 is 0.796 bits per heavy atom. The van der Waals surface area contributed by atoms with E-state index in [2.05, 4.69) is 36.4 Å². The number of hydrogen-bond donors (Lipinski definition) is 0. The minimum absolute atomic E-state index is 0.540. The number of allylic oxidation sites excluding steroid dienone is 6. The average molecular weight is 642 g/mol. The first-order valence-electron chi connectivity index (χ1n) is 16.8. The quantitative estimate of drug-likeness (QED) is 0.169. The lowest BCUT2D eigenvalue weighted by Gasteiger charge is -2.17. The van der Waals surface area contributed by atoms with Crippen LogP contribution in [0.5, 0.6) is 0 Å². The van der Waals surface area contributed by atoms with Crippen LogP contribution in [0.4, 0.5) is 4.39 Å². The standard InChI is InChI=1S/C43H32FN3O2/c1-2-11-26(22-23-44)33-25-35-39-32(17-10-19-38(39)49-40(35)31-16-7-6-14-29(31)33)43-46-41(27-12-4-3-5-13-27)45-42(47-43)28-20-21-37-34(24-28)30-15-8-9-18-36(30)48-37/h2-5,7-13,15-19,22,24-25H,6,14,20-21,23H2,1H3/b11-2-,26-22+. The third kappa shape index (κ3) is 4.94. The summed E-state index contributed by atoms with van der Waals surface area (Å²) < 4.78 is 26.7. The van der Waals surface area contributed by atoms with E-state index in [0.717, 1.165) is 103 Å². The van der Waals surface area contributed by atoms with E-state index in [4.69, 9.17) is 23.8 Å². The van der Waals surface area contributed by atoms with Gasteiger partial charge in [-0.05, 0) is 78.8 Å². The van der Waals surface area contributed by atoms with Gasteiger partial charge in [-0.15, -0.1) is 0 Å². The molecule has 4 aromatic carbocycles. The number of aryl methyl sites for hydroxylation is 1. The van der Waals surface area contributed by atoms with Crippen molar-refractivity contribution in [2.75, 3.05) is 6.67 Å². The largest absolute Gasteiger partial charge is 0.460 e. The average Bonchev–Trinajstić information content (AvgIpc) is 3.73. The van der Waals surface area contributed by atoms with Crippen LogP contribution in [-0.4, -0.2) is 21.6 Å². The number of alkyl halides is 1. The zero-order valence-electron chi connectivity index (χ0n) is 27.0. The molecule has 6 heteroatoms. The molecule has 9 rings (SSSR count). The van der Waals surface area contributed by atoms with E-state index in [0.29, 0.717) is 17.5 Å². The Kier molecular flexibility index (Phi) is 7.15. The molecule has 5 nitrogen and oxygen atoms in total. The van der Waals surface area contributed by atoms with Crippen molar-refractivity contribution in [1.82, 2.24) is 15.0 Å². The normalized spacial score (nSPS) is 14.6. The molecule has 49 heavy (non-hydrogen) atoms. The summed E-state index contributed by atoms with van der Waals surface area (Å²) in [6.45, 7) is 1.42. The van der Waals surface area contributed by atoms with E-state index >= 15 is 0 Å². The molecule has 3 aromatic heterocycles. The fourth-order valence-corrected chi connectivity index (χ4v) is 7.36. The van der Waals surface area contributed by atoms with E-state index in [1.165, 1.54) is 5.56 Å². The molecule has 0 atom stereocenters. The van der Waals surface area contributed by atoms with Crippen molar-refractivity contribution in [1.29, 1.82) is 0 Å². The van der Waals surface area contributed by atoms with Gasteiger partial charge in [-0.3, -0.25) is 0 Å². The van der Waals surface area contributed by atoms with Crippen LogP contribution in [0, 0.1) is 0 Å². The van der Waals surface area contributed by atoms with Crippen molar-refractivity contribution in [2.45, 2.75) is 32.6 Å². The summed E-state index contributed by atoms with van der Waals surface area (Å²) >= 11 is 0. The second-order valence-electron chi connectivity index (χ2n) is 12.5. The number of benzene rings is 4. The second-order valence-corrected chi connectivity index (χ2v) is 12.5. The maximum atomic E-state index is 13.8. The number of aromatic nitrogens is 3. The van der Waals surface area contributed by atoms with Crippen molar-refractivity contribution in [3.63, 3.8) is 0 Å². The minimum atomic E-state index is -0.540. The van der Waals surface area contributed by atoms with Crippen molar-refractivity contribution < 1.29 is 13.2 Å². The van der Waals surface area contributed by atoms with Crippen molar-refractivity contribution in [2.24, 2.45) is 0 Å². The molecule has 0 radical (unpaired) electrons. The van der Waals surface area contributed by atoms with Gasteiger partial charge in [0.15, 0.2) is 17.5 Å². The molecule has 238 valence electrons. The fraction of sp³-hybridized carbons (Fsp3) is 0.140. The third-order valence-electron chi connectivity index (χ3n) is 9.58. The van der Waals surface area contributed by atoms with Gasteiger partial charge in [-0.2, -0.15) is 0 Å². The van der Waals surface area contributed by atoms with Gasteiger partial charge in [-0.1, -0.05) is 85.0 Å². The van der Waals surface area contributed by atoms with Gasteiger partial charge in [0, 0.05) is 44.8 Å². The van der Waals surface area contributed by atoms with Crippen molar-refractivity contribution >= 4 is 56.2 Å². The Balaban J connectivity index is 1.30. The molecule has 2 aliphatic carbocycles. The van der Waals surface area contributed by atoms with Crippen LogP contribution in [0.3, 0.4) is 0 Å². The highest BCUT2D eigenvalue weighted by Gasteiger charge is 2.25. The van der Waals surface area contributed by atoms with Gasteiger partial charge in [0.05, 0.1) is 0 Å². The van der Waals surface area contributed by atoms with E-state index in [1.54, 1.807) is 6.08 Å². The second kappa shape index (κ2) is 12.0. The number of para-hydroxylation sites is 1. The Bertz CT molecular complexity index is 2550. The summed E-state index contributed by atoms with van der Waals surface area (Å²) in [5.74, 6) is 2.82. The predicted octanol–water partition coefficient (Wildman–Crippen LogP) is 11.2. The maximum absolute atomic E-state index is 13.8. The summed E-state index contributed by atoms with van der Waals surface area (Å²) in [6, 6.07) is 26.4. The minimum Gasteiger partial charge on any atom is -0.460 e. The number of nitrogens with zero attached hydrogens (tertiary/aromatic N) is 3. The molecular formula is C43H32FN3O2. The number of halogens is 1. The topological polar surface area (TPSA) is 65.0 Å². The van der Waals surface area contributed by atoms with Crippen LogP contribution in [0.25, 0.3) is 79.0 Å². The molecule has 0 amide bonds. The van der Waals surface area contributed by atoms with Crippen molar-refractivity contribution in [3.8, 4) is 22.8 Å². The molecule has 0 aliphatic heterocycles. The van der Waals surface area contributed by atoms with Crippen LogP contribution in [0.1, 0.15) is 53.6 Å². The summed E-state index contributed by atoms with van der Waals surface area (Å²) in [6.07, 6.45) is 15.4. The van der Waals surface area contributed by atoms with E-state index in [-0.39, 0.29) is 0 Å². The SMILES string of the molecule is C/C=C\C(=C/CF)c1cc2c(oc3cccc(-c4nc(C5=Cc6c(oc7ccccc67)CC5)nc(-c5ccccc5)n4)c32)c2c1CCC=C2. The Morgan fingerprint density at radius 3 is 2.49 bits per heavy atom. The number of rotatable bonds is 6. The van der Waals surface area contributed by atoms with Gasteiger partial charge >= 0.3 is 0 Å². The van der Waals surface area contributed by atoms with Gasteiger partial charge < -0.3 is 8.83 Å². The number of furan rings is 2. The van der Waals surface area contributed by atoms with Crippen molar-refractivity contribution in [3.05, 3.63) is 137 Å². The highest BCUT2D eigenvalue weighted by atomic mass is 19.1. The van der Waals surface area contributed by atoms with Gasteiger partial charge in [0.2, 0.25) is 0 Å². The monoisotopic (exact) mass is 641 g/mol. The zero-order chi connectivity index (χ0) is 32.9. The summed E-state index contributed by atoms with van der Waals surface area (Å²) in [4.78, 5) is 15.3. The third-order valence-corrected chi connectivity index (χ3v) is 9.58. The smallest absolute Gasteiger partial charge is 0.164 e. The predicted molar refractivity (Wildman–Crippen MR) is 197 cm³/mol. The first-order valence-corrected chi connectivity index (χ1v) is 16.8. The molecule has 2 aliphatic rings. The molecule has 0 bridgehead atoms. The van der Waals surface area contributed by atoms with E-state index in [1.807, 2.05) is 79.7 Å². The summed E-state index contributed by atoms with van der Waals surface area (Å²) in [7, 11) is 0. The van der Waals surface area contributed by atoms with Crippen LogP contribution in [0.2, 0.25) is 0 Å². The Hall–Kier alpha value is -5.88. The summed E-state index contributed by atoms with van der Waals surface area (Å²) in [5, 5.41) is 2.97. The number of fused-ring (bicyclic) bond motifs is 8. The molecule has 3 heterocycles.